The van der Waals surface area contributed by atoms with Gasteiger partial charge in [0.15, 0.2) is 0 Å². The Balaban J connectivity index is 2.01. The molecule has 0 aromatic heterocycles. The molecule has 0 aliphatic heterocycles. The molecular weight excluding hydrogens is 244 g/mol. The van der Waals surface area contributed by atoms with Crippen LogP contribution in [-0.2, 0) is 0 Å². The Kier molecular flexibility index (Phi) is 6.35. The summed E-state index contributed by atoms with van der Waals surface area (Å²) < 4.78 is 0. The Hall–Kier alpha value is -0.0800. The lowest BCUT2D eigenvalue weighted by atomic mass is 9.73. The molecule has 2 heteroatoms. The van der Waals surface area contributed by atoms with Crippen molar-refractivity contribution >= 4 is 0 Å². The first-order chi connectivity index (χ1) is 9.75. The summed E-state index contributed by atoms with van der Waals surface area (Å²) in [5.41, 5.74) is 6.63. The molecule has 0 radical (unpaired) electrons. The zero-order valence-corrected chi connectivity index (χ0v) is 13.9. The third kappa shape index (κ3) is 3.57. The highest BCUT2D eigenvalue weighted by molar-refractivity contribution is 4.98. The molecule has 2 rings (SSSR count). The second kappa shape index (κ2) is 7.79. The minimum atomic E-state index is 0.334. The van der Waals surface area contributed by atoms with Crippen LogP contribution in [0, 0.1) is 5.92 Å². The average Bonchev–Trinajstić information content (AvgIpc) is 2.51. The third-order valence-electron chi connectivity index (χ3n) is 6.08. The maximum Gasteiger partial charge on any atom is 0.0334 e. The molecular formula is C18H36N2. The van der Waals surface area contributed by atoms with Crippen LogP contribution in [0.1, 0.15) is 84.5 Å². The topological polar surface area (TPSA) is 29.3 Å². The monoisotopic (exact) mass is 280 g/mol. The van der Waals surface area contributed by atoms with E-state index >= 15 is 0 Å². The molecule has 0 bridgehead atoms. The van der Waals surface area contributed by atoms with Crippen molar-refractivity contribution in [2.45, 2.75) is 96.1 Å². The van der Waals surface area contributed by atoms with Gasteiger partial charge in [0.05, 0.1) is 0 Å². The standard InChI is InChI=1S/C18H36N2/c1-3-8-16-11-13-18(15-19,14-12-16)20(4-2)17-9-6-5-7-10-17/h16-17H,3-15,19H2,1-2H3. The van der Waals surface area contributed by atoms with Crippen molar-refractivity contribution < 1.29 is 0 Å². The smallest absolute Gasteiger partial charge is 0.0334 e. The van der Waals surface area contributed by atoms with Crippen molar-refractivity contribution in [3.8, 4) is 0 Å². The van der Waals surface area contributed by atoms with E-state index in [0.717, 1.165) is 18.5 Å². The van der Waals surface area contributed by atoms with Gasteiger partial charge in [-0.3, -0.25) is 4.90 Å². The van der Waals surface area contributed by atoms with Gasteiger partial charge in [-0.25, -0.2) is 0 Å². The molecule has 2 N–H and O–H groups in total. The highest BCUT2D eigenvalue weighted by Gasteiger charge is 2.41. The Morgan fingerprint density at radius 1 is 1.00 bits per heavy atom. The van der Waals surface area contributed by atoms with Gasteiger partial charge in [0.25, 0.3) is 0 Å². The molecule has 2 aliphatic carbocycles. The van der Waals surface area contributed by atoms with Crippen LogP contribution < -0.4 is 5.73 Å². The van der Waals surface area contributed by atoms with Gasteiger partial charge in [-0.2, -0.15) is 0 Å². The second-order valence-corrected chi connectivity index (χ2v) is 7.24. The van der Waals surface area contributed by atoms with Crippen molar-refractivity contribution in [1.82, 2.24) is 4.90 Å². The summed E-state index contributed by atoms with van der Waals surface area (Å²) in [7, 11) is 0. The van der Waals surface area contributed by atoms with Crippen LogP contribution in [0.5, 0.6) is 0 Å². The quantitative estimate of drug-likeness (QED) is 0.784. The fourth-order valence-corrected chi connectivity index (χ4v) is 4.89. The molecule has 2 nitrogen and oxygen atoms in total. The Labute approximate surface area is 126 Å². The first kappa shape index (κ1) is 16.3. The summed E-state index contributed by atoms with van der Waals surface area (Å²) in [4.78, 5) is 2.83. The number of hydrogen-bond acceptors (Lipinski definition) is 2. The lowest BCUT2D eigenvalue weighted by Gasteiger charge is -2.51. The molecule has 2 aliphatic rings. The largest absolute Gasteiger partial charge is 0.329 e. The van der Waals surface area contributed by atoms with Gasteiger partial charge in [-0.15, -0.1) is 0 Å². The van der Waals surface area contributed by atoms with E-state index in [1.54, 1.807) is 0 Å². The maximum atomic E-state index is 6.30. The molecule has 0 heterocycles. The summed E-state index contributed by atoms with van der Waals surface area (Å²) in [6.45, 7) is 6.74. The molecule has 2 saturated carbocycles. The maximum absolute atomic E-state index is 6.30. The van der Waals surface area contributed by atoms with Crippen LogP contribution in [0.4, 0.5) is 0 Å². The highest BCUT2D eigenvalue weighted by atomic mass is 15.2. The Morgan fingerprint density at radius 3 is 2.15 bits per heavy atom. The van der Waals surface area contributed by atoms with E-state index in [0.29, 0.717) is 5.54 Å². The summed E-state index contributed by atoms with van der Waals surface area (Å²) in [5.74, 6) is 0.977. The first-order valence-corrected chi connectivity index (χ1v) is 9.22. The number of rotatable bonds is 6. The average molecular weight is 280 g/mol. The van der Waals surface area contributed by atoms with Crippen LogP contribution in [0.15, 0.2) is 0 Å². The lowest BCUT2D eigenvalue weighted by molar-refractivity contribution is -0.00173. The summed E-state index contributed by atoms with van der Waals surface area (Å²) in [6, 6.07) is 0.819. The van der Waals surface area contributed by atoms with E-state index in [-0.39, 0.29) is 0 Å². The highest BCUT2D eigenvalue weighted by Crippen LogP contribution is 2.40. The van der Waals surface area contributed by atoms with Crippen LogP contribution in [0.3, 0.4) is 0 Å². The van der Waals surface area contributed by atoms with Gasteiger partial charge in [0, 0.05) is 18.1 Å². The first-order valence-electron chi connectivity index (χ1n) is 9.22. The number of nitrogens with zero attached hydrogens (tertiary/aromatic N) is 1. The van der Waals surface area contributed by atoms with Gasteiger partial charge in [0.2, 0.25) is 0 Å². The SMILES string of the molecule is CCCC1CCC(CN)(N(CC)C2CCCCC2)CC1. The van der Waals surface area contributed by atoms with E-state index in [9.17, 15) is 0 Å². The van der Waals surface area contributed by atoms with Crippen molar-refractivity contribution in [3.05, 3.63) is 0 Å². The zero-order valence-electron chi connectivity index (χ0n) is 13.9. The van der Waals surface area contributed by atoms with Crippen molar-refractivity contribution in [2.75, 3.05) is 13.1 Å². The minimum absolute atomic E-state index is 0.334. The predicted octanol–water partition coefficient (Wildman–Crippen LogP) is 4.33. The fourth-order valence-electron chi connectivity index (χ4n) is 4.89. The van der Waals surface area contributed by atoms with E-state index in [1.165, 1.54) is 77.2 Å². The van der Waals surface area contributed by atoms with Crippen LogP contribution in [-0.4, -0.2) is 29.6 Å². The van der Waals surface area contributed by atoms with Gasteiger partial charge < -0.3 is 5.73 Å². The molecule has 0 aromatic carbocycles. The van der Waals surface area contributed by atoms with Crippen LogP contribution in [0.2, 0.25) is 0 Å². The fraction of sp³-hybridized carbons (Fsp3) is 1.00. The van der Waals surface area contributed by atoms with E-state index in [2.05, 4.69) is 18.7 Å². The lowest BCUT2D eigenvalue weighted by Crippen LogP contribution is -2.59. The van der Waals surface area contributed by atoms with Crippen molar-refractivity contribution in [2.24, 2.45) is 11.7 Å². The number of nitrogens with two attached hydrogens (primary N) is 1. The normalized spacial score (nSPS) is 32.7. The minimum Gasteiger partial charge on any atom is -0.329 e. The second-order valence-electron chi connectivity index (χ2n) is 7.24. The van der Waals surface area contributed by atoms with Crippen molar-refractivity contribution in [3.63, 3.8) is 0 Å². The van der Waals surface area contributed by atoms with E-state index in [4.69, 9.17) is 5.73 Å². The third-order valence-corrected chi connectivity index (χ3v) is 6.08. The van der Waals surface area contributed by atoms with Gasteiger partial charge in [0.1, 0.15) is 0 Å². The molecule has 0 spiro atoms. The summed E-state index contributed by atoms with van der Waals surface area (Å²) >= 11 is 0. The van der Waals surface area contributed by atoms with E-state index < -0.39 is 0 Å². The molecule has 2 fully saturated rings. The van der Waals surface area contributed by atoms with Crippen molar-refractivity contribution in [1.29, 1.82) is 0 Å². The van der Waals surface area contributed by atoms with Gasteiger partial charge in [-0.1, -0.05) is 46.0 Å². The molecule has 0 unspecified atom stereocenters. The molecule has 0 aromatic rings. The van der Waals surface area contributed by atoms with Gasteiger partial charge >= 0.3 is 0 Å². The zero-order chi connectivity index (χ0) is 14.4. The van der Waals surface area contributed by atoms with Crippen LogP contribution >= 0.6 is 0 Å². The Bertz CT molecular complexity index is 263. The number of hydrogen-bond donors (Lipinski definition) is 1. The summed E-state index contributed by atoms with van der Waals surface area (Å²) in [5, 5.41) is 0. The predicted molar refractivity (Wildman–Crippen MR) is 87.9 cm³/mol. The molecule has 20 heavy (non-hydrogen) atoms. The van der Waals surface area contributed by atoms with E-state index in [1.807, 2.05) is 0 Å². The molecule has 0 atom stereocenters. The van der Waals surface area contributed by atoms with Gasteiger partial charge in [-0.05, 0) is 51.0 Å². The number of likely N-dealkylation sites (N-methyl/N-ethyl adjacent to an activating group) is 1. The van der Waals surface area contributed by atoms with Crippen LogP contribution in [0.25, 0.3) is 0 Å². The Morgan fingerprint density at radius 2 is 1.65 bits per heavy atom. The molecule has 0 saturated heterocycles. The molecule has 118 valence electrons. The molecule has 0 amide bonds. The summed E-state index contributed by atoms with van der Waals surface area (Å²) in [6.07, 6.45) is 15.4.